The highest BCUT2D eigenvalue weighted by Gasteiger charge is 2.30. The summed E-state index contributed by atoms with van der Waals surface area (Å²) in [6.07, 6.45) is 4.76. The molecule has 1 aliphatic heterocycles. The number of carbonyl (C=O) groups excluding carboxylic acids is 1. The molecule has 21 heavy (non-hydrogen) atoms. The van der Waals surface area contributed by atoms with Crippen molar-refractivity contribution in [1.82, 2.24) is 9.88 Å². The summed E-state index contributed by atoms with van der Waals surface area (Å²) in [4.78, 5) is 18.4. The van der Waals surface area contributed by atoms with E-state index in [1.54, 1.807) is 0 Å². The van der Waals surface area contributed by atoms with E-state index in [1.807, 2.05) is 23.1 Å². The van der Waals surface area contributed by atoms with Crippen LogP contribution in [-0.2, 0) is 0 Å². The average Bonchev–Trinajstić information content (AvgIpc) is 2.96. The molecule has 1 atom stereocenters. The van der Waals surface area contributed by atoms with Gasteiger partial charge in [0.15, 0.2) is 0 Å². The van der Waals surface area contributed by atoms with Crippen LogP contribution in [0, 0.1) is 0 Å². The third-order valence-corrected chi connectivity index (χ3v) is 4.21. The van der Waals surface area contributed by atoms with Gasteiger partial charge in [0, 0.05) is 17.2 Å². The van der Waals surface area contributed by atoms with Crippen LogP contribution in [0.3, 0.4) is 0 Å². The Bertz CT molecular complexity index is 675. The summed E-state index contributed by atoms with van der Waals surface area (Å²) in [5.74, 6) is -0.0695. The molecule has 1 aliphatic rings. The first kappa shape index (κ1) is 14.1. The molecule has 2 aromatic rings. The van der Waals surface area contributed by atoms with Gasteiger partial charge in [-0.3, -0.25) is 9.78 Å². The minimum atomic E-state index is -0.0825. The minimum Gasteiger partial charge on any atom is -0.506 e. The van der Waals surface area contributed by atoms with Crippen molar-refractivity contribution in [3.63, 3.8) is 0 Å². The third kappa shape index (κ3) is 2.93. The first-order chi connectivity index (χ1) is 10.1. The highest BCUT2D eigenvalue weighted by atomic mass is 79.9. The zero-order valence-corrected chi connectivity index (χ0v) is 13.0. The Morgan fingerprint density at radius 3 is 2.95 bits per heavy atom. The molecule has 1 N–H and O–H groups in total. The molecule has 1 aromatic heterocycles. The second kappa shape index (κ2) is 5.85. The van der Waals surface area contributed by atoms with Crippen LogP contribution in [0.1, 0.15) is 34.8 Å². The zero-order chi connectivity index (χ0) is 14.8. The maximum absolute atomic E-state index is 12.6. The molecule has 0 radical (unpaired) electrons. The number of aromatic hydroxyl groups is 1. The van der Waals surface area contributed by atoms with Gasteiger partial charge in [-0.1, -0.05) is 28.1 Å². The number of pyridine rings is 1. The largest absolute Gasteiger partial charge is 0.506 e. The predicted molar refractivity (Wildman–Crippen MR) is 83.1 cm³/mol. The summed E-state index contributed by atoms with van der Waals surface area (Å²) in [6, 6.07) is 9.60. The number of halogens is 1. The third-order valence-electron chi connectivity index (χ3n) is 3.72. The van der Waals surface area contributed by atoms with Crippen LogP contribution in [0.4, 0.5) is 0 Å². The molecule has 1 aromatic carbocycles. The van der Waals surface area contributed by atoms with Crippen LogP contribution in [0.2, 0.25) is 0 Å². The Morgan fingerprint density at radius 2 is 2.19 bits per heavy atom. The van der Waals surface area contributed by atoms with E-state index >= 15 is 0 Å². The fraction of sp³-hybridized carbons (Fsp3) is 0.250. The first-order valence-corrected chi connectivity index (χ1v) is 7.65. The molecule has 2 heterocycles. The summed E-state index contributed by atoms with van der Waals surface area (Å²) >= 11 is 3.47. The lowest BCUT2D eigenvalue weighted by Gasteiger charge is -2.25. The average molecular weight is 347 g/mol. The van der Waals surface area contributed by atoms with Gasteiger partial charge in [0.25, 0.3) is 5.91 Å². The van der Waals surface area contributed by atoms with Gasteiger partial charge in [-0.15, -0.1) is 0 Å². The summed E-state index contributed by atoms with van der Waals surface area (Å²) in [7, 11) is 0. The van der Waals surface area contributed by atoms with Gasteiger partial charge in [0.05, 0.1) is 17.8 Å². The maximum atomic E-state index is 12.6. The van der Waals surface area contributed by atoms with Gasteiger partial charge >= 0.3 is 0 Å². The summed E-state index contributed by atoms with van der Waals surface area (Å²) in [5, 5.41) is 9.48. The van der Waals surface area contributed by atoms with Crippen molar-refractivity contribution in [2.45, 2.75) is 18.9 Å². The molecule has 1 unspecified atom stereocenters. The fourth-order valence-corrected chi connectivity index (χ4v) is 3.20. The molecule has 3 rings (SSSR count). The van der Waals surface area contributed by atoms with Crippen LogP contribution in [0.5, 0.6) is 5.75 Å². The number of nitrogens with zero attached hydrogens (tertiary/aromatic N) is 2. The molecule has 0 spiro atoms. The van der Waals surface area contributed by atoms with Gasteiger partial charge < -0.3 is 10.0 Å². The second-order valence-corrected chi connectivity index (χ2v) is 6.06. The van der Waals surface area contributed by atoms with E-state index in [-0.39, 0.29) is 17.7 Å². The van der Waals surface area contributed by atoms with Crippen LogP contribution in [0.15, 0.2) is 47.2 Å². The molecule has 0 bridgehead atoms. The summed E-state index contributed by atoms with van der Waals surface area (Å²) in [5.41, 5.74) is 1.56. The molecule has 5 heteroatoms. The molecule has 108 valence electrons. The van der Waals surface area contributed by atoms with Crippen LogP contribution < -0.4 is 0 Å². The van der Waals surface area contributed by atoms with E-state index in [4.69, 9.17) is 0 Å². The Kier molecular flexibility index (Phi) is 3.92. The number of carbonyl (C=O) groups is 1. The zero-order valence-electron chi connectivity index (χ0n) is 11.4. The van der Waals surface area contributed by atoms with Gasteiger partial charge in [0.1, 0.15) is 5.75 Å². The van der Waals surface area contributed by atoms with Gasteiger partial charge in [0.2, 0.25) is 0 Å². The molecule has 1 saturated heterocycles. The standard InChI is InChI=1S/C16H15BrN2O2/c17-13-4-1-3-11(7-13)15-5-2-6-19(15)16(21)12-8-14(20)10-18-9-12/h1,3-4,7-10,15,20H,2,5-6H2. The van der Waals surface area contributed by atoms with Crippen LogP contribution in [0.25, 0.3) is 0 Å². The van der Waals surface area contributed by atoms with Gasteiger partial charge in [-0.05, 0) is 36.6 Å². The van der Waals surface area contributed by atoms with E-state index in [1.165, 1.54) is 18.5 Å². The fourth-order valence-electron chi connectivity index (χ4n) is 2.78. The number of rotatable bonds is 2. The van der Waals surface area contributed by atoms with E-state index < -0.39 is 0 Å². The lowest BCUT2D eigenvalue weighted by atomic mass is 10.0. The maximum Gasteiger partial charge on any atom is 0.256 e. The minimum absolute atomic E-state index is 0.0130. The van der Waals surface area contributed by atoms with Crippen LogP contribution >= 0.6 is 15.9 Å². The van der Waals surface area contributed by atoms with E-state index in [9.17, 15) is 9.90 Å². The van der Waals surface area contributed by atoms with Crippen molar-refractivity contribution < 1.29 is 9.90 Å². The van der Waals surface area contributed by atoms with Crippen molar-refractivity contribution in [3.8, 4) is 5.75 Å². The molecule has 0 saturated carbocycles. The van der Waals surface area contributed by atoms with Crippen molar-refractivity contribution in [1.29, 1.82) is 0 Å². The first-order valence-electron chi connectivity index (χ1n) is 6.85. The molecule has 0 aliphatic carbocycles. The molecule has 4 nitrogen and oxygen atoms in total. The smallest absolute Gasteiger partial charge is 0.256 e. The topological polar surface area (TPSA) is 53.4 Å². The second-order valence-electron chi connectivity index (χ2n) is 5.14. The Balaban J connectivity index is 1.89. The Morgan fingerprint density at radius 1 is 1.33 bits per heavy atom. The van der Waals surface area contributed by atoms with Gasteiger partial charge in [-0.2, -0.15) is 0 Å². The van der Waals surface area contributed by atoms with Gasteiger partial charge in [-0.25, -0.2) is 0 Å². The number of amides is 1. The molecule has 1 fully saturated rings. The van der Waals surface area contributed by atoms with Crippen molar-refractivity contribution in [2.75, 3.05) is 6.54 Å². The highest BCUT2D eigenvalue weighted by molar-refractivity contribution is 9.10. The SMILES string of the molecule is O=C(c1cncc(O)c1)N1CCCC1c1cccc(Br)c1. The molecule has 1 amide bonds. The highest BCUT2D eigenvalue weighted by Crippen LogP contribution is 2.34. The van der Waals surface area contributed by atoms with Crippen molar-refractivity contribution in [2.24, 2.45) is 0 Å². The molecular formula is C16H15BrN2O2. The Hall–Kier alpha value is -1.88. The number of hydrogen-bond donors (Lipinski definition) is 1. The lowest BCUT2D eigenvalue weighted by molar-refractivity contribution is 0.0734. The lowest BCUT2D eigenvalue weighted by Crippen LogP contribution is -2.30. The van der Waals surface area contributed by atoms with Crippen molar-refractivity contribution >= 4 is 21.8 Å². The van der Waals surface area contributed by atoms with Crippen LogP contribution in [-0.4, -0.2) is 27.4 Å². The number of likely N-dealkylation sites (tertiary alicyclic amines) is 1. The number of benzene rings is 1. The number of hydrogen-bond acceptors (Lipinski definition) is 3. The van der Waals surface area contributed by atoms with Crippen molar-refractivity contribution in [3.05, 3.63) is 58.3 Å². The predicted octanol–water partition coefficient (Wildman–Crippen LogP) is 3.53. The quantitative estimate of drug-likeness (QED) is 0.904. The summed E-state index contributed by atoms with van der Waals surface area (Å²) in [6.45, 7) is 0.728. The summed E-state index contributed by atoms with van der Waals surface area (Å²) < 4.78 is 1.01. The normalized spacial score (nSPS) is 18.0. The van der Waals surface area contributed by atoms with E-state index in [0.29, 0.717) is 5.56 Å². The van der Waals surface area contributed by atoms with E-state index in [2.05, 4.69) is 27.0 Å². The monoisotopic (exact) mass is 346 g/mol. The van der Waals surface area contributed by atoms with E-state index in [0.717, 1.165) is 29.4 Å². The Labute approximate surface area is 131 Å². The molecular weight excluding hydrogens is 332 g/mol. The number of aromatic nitrogens is 1.